The third-order valence-corrected chi connectivity index (χ3v) is 2.43. The van der Waals surface area contributed by atoms with E-state index in [1.54, 1.807) is 12.1 Å². The molecular weight excluding hydrogens is 264 g/mol. The smallest absolute Gasteiger partial charge is 0.239 e. The topological polar surface area (TPSA) is 60.2 Å². The summed E-state index contributed by atoms with van der Waals surface area (Å²) in [5.41, 5.74) is 6.11. The van der Waals surface area contributed by atoms with Crippen molar-refractivity contribution >= 4 is 17.2 Å². The molecule has 0 bridgehead atoms. The van der Waals surface area contributed by atoms with Crippen LogP contribution in [0.3, 0.4) is 0 Å². The molecule has 6 heteroatoms. The molecule has 3 N–H and O–H groups in total. The van der Waals surface area contributed by atoms with Gasteiger partial charge in [-0.25, -0.2) is 8.78 Å². The summed E-state index contributed by atoms with van der Waals surface area (Å²) in [7, 11) is 0. The number of halogens is 2. The third kappa shape index (κ3) is 3.34. The van der Waals surface area contributed by atoms with Crippen molar-refractivity contribution in [3.63, 3.8) is 0 Å². The summed E-state index contributed by atoms with van der Waals surface area (Å²) in [6.07, 6.45) is -0.0917. The minimum absolute atomic E-state index is 0.00207. The van der Waals surface area contributed by atoms with Gasteiger partial charge in [0, 0.05) is 6.07 Å². The van der Waals surface area contributed by atoms with E-state index in [0.717, 1.165) is 18.2 Å². The van der Waals surface area contributed by atoms with Gasteiger partial charge in [0.1, 0.15) is 17.5 Å². The van der Waals surface area contributed by atoms with Gasteiger partial charge >= 0.3 is 0 Å². The normalized spacial score (nSPS) is 10.7. The molecule has 0 atom stereocenters. The van der Waals surface area contributed by atoms with E-state index in [1.807, 2.05) is 13.8 Å². The summed E-state index contributed by atoms with van der Waals surface area (Å²) in [5.74, 6) is -0.541. The van der Waals surface area contributed by atoms with Crippen molar-refractivity contribution in [3.8, 4) is 5.88 Å². The fraction of sp³-hybridized carbons (Fsp3) is 0.214. The van der Waals surface area contributed by atoms with Crippen molar-refractivity contribution in [2.24, 2.45) is 0 Å². The SMILES string of the molecule is CC(C)Oc1nc(Nc2cc(F)ccc2F)ccc1N. The van der Waals surface area contributed by atoms with Gasteiger partial charge in [0.25, 0.3) is 0 Å². The summed E-state index contributed by atoms with van der Waals surface area (Å²) in [6.45, 7) is 3.68. The molecule has 2 aromatic rings. The van der Waals surface area contributed by atoms with Crippen molar-refractivity contribution in [3.05, 3.63) is 42.0 Å². The first-order valence-electron chi connectivity index (χ1n) is 6.11. The van der Waals surface area contributed by atoms with Crippen LogP contribution < -0.4 is 15.8 Å². The van der Waals surface area contributed by atoms with Crippen LogP contribution in [0.15, 0.2) is 30.3 Å². The number of benzene rings is 1. The summed E-state index contributed by atoms with van der Waals surface area (Å²) in [6, 6.07) is 6.29. The Morgan fingerprint density at radius 2 is 1.95 bits per heavy atom. The molecule has 0 fully saturated rings. The molecule has 4 nitrogen and oxygen atoms in total. The van der Waals surface area contributed by atoms with Crippen molar-refractivity contribution in [2.75, 3.05) is 11.1 Å². The van der Waals surface area contributed by atoms with E-state index in [0.29, 0.717) is 11.5 Å². The highest BCUT2D eigenvalue weighted by molar-refractivity contribution is 5.61. The van der Waals surface area contributed by atoms with E-state index in [-0.39, 0.29) is 17.7 Å². The van der Waals surface area contributed by atoms with Crippen LogP contribution in [-0.4, -0.2) is 11.1 Å². The number of nitrogens with one attached hydrogen (secondary N) is 1. The first-order chi connectivity index (χ1) is 9.45. The lowest BCUT2D eigenvalue weighted by Crippen LogP contribution is -2.09. The Hall–Kier alpha value is -2.37. The molecule has 0 saturated carbocycles. The maximum absolute atomic E-state index is 13.5. The van der Waals surface area contributed by atoms with Gasteiger partial charge in [0.2, 0.25) is 5.88 Å². The predicted molar refractivity (Wildman–Crippen MR) is 74.1 cm³/mol. The maximum Gasteiger partial charge on any atom is 0.239 e. The van der Waals surface area contributed by atoms with Gasteiger partial charge in [-0.05, 0) is 38.1 Å². The van der Waals surface area contributed by atoms with Crippen LogP contribution >= 0.6 is 0 Å². The fourth-order valence-electron chi connectivity index (χ4n) is 1.57. The molecular formula is C14H15F2N3O. The highest BCUT2D eigenvalue weighted by atomic mass is 19.1. The zero-order valence-electron chi connectivity index (χ0n) is 11.2. The Balaban J connectivity index is 2.27. The highest BCUT2D eigenvalue weighted by Crippen LogP contribution is 2.25. The Morgan fingerprint density at radius 1 is 1.20 bits per heavy atom. The maximum atomic E-state index is 13.5. The second-order valence-corrected chi connectivity index (χ2v) is 4.51. The van der Waals surface area contributed by atoms with Crippen molar-refractivity contribution < 1.29 is 13.5 Å². The van der Waals surface area contributed by atoms with Gasteiger partial charge in [-0.15, -0.1) is 0 Å². The zero-order valence-corrected chi connectivity index (χ0v) is 11.2. The number of nitrogens with zero attached hydrogens (tertiary/aromatic N) is 1. The molecule has 0 spiro atoms. The molecule has 0 amide bonds. The lowest BCUT2D eigenvalue weighted by molar-refractivity contribution is 0.234. The van der Waals surface area contributed by atoms with Crippen LogP contribution in [0.25, 0.3) is 0 Å². The van der Waals surface area contributed by atoms with Crippen LogP contribution in [0.2, 0.25) is 0 Å². The molecule has 0 radical (unpaired) electrons. The summed E-state index contributed by atoms with van der Waals surface area (Å²) in [5, 5.41) is 2.69. The fourth-order valence-corrected chi connectivity index (χ4v) is 1.57. The molecule has 0 unspecified atom stereocenters. The Kier molecular flexibility index (Phi) is 4.02. The largest absolute Gasteiger partial charge is 0.473 e. The Morgan fingerprint density at radius 3 is 2.65 bits per heavy atom. The number of aromatic nitrogens is 1. The lowest BCUT2D eigenvalue weighted by atomic mass is 10.3. The molecule has 0 saturated heterocycles. The molecule has 20 heavy (non-hydrogen) atoms. The van der Waals surface area contributed by atoms with Crippen LogP contribution in [0.5, 0.6) is 5.88 Å². The van der Waals surface area contributed by atoms with E-state index < -0.39 is 11.6 Å². The molecule has 1 heterocycles. The van der Waals surface area contributed by atoms with Gasteiger partial charge in [-0.2, -0.15) is 4.98 Å². The first kappa shape index (κ1) is 14.0. The van der Waals surface area contributed by atoms with E-state index in [1.165, 1.54) is 0 Å². The number of pyridine rings is 1. The van der Waals surface area contributed by atoms with E-state index in [2.05, 4.69) is 10.3 Å². The zero-order chi connectivity index (χ0) is 14.7. The van der Waals surface area contributed by atoms with Crippen LogP contribution in [0, 0.1) is 11.6 Å². The third-order valence-electron chi connectivity index (χ3n) is 2.43. The standard InChI is InChI=1S/C14H15F2N3O/c1-8(2)20-14-11(17)5-6-13(19-14)18-12-7-9(15)3-4-10(12)16/h3-8H,17H2,1-2H3,(H,18,19). The van der Waals surface area contributed by atoms with E-state index in [9.17, 15) is 8.78 Å². The van der Waals surface area contributed by atoms with Crippen LogP contribution in [0.1, 0.15) is 13.8 Å². The summed E-state index contributed by atoms with van der Waals surface area (Å²) >= 11 is 0. The van der Waals surface area contributed by atoms with E-state index in [4.69, 9.17) is 10.5 Å². The predicted octanol–water partition coefficient (Wildman–Crippen LogP) is 3.47. The summed E-state index contributed by atoms with van der Waals surface area (Å²) < 4.78 is 32.1. The number of anilines is 3. The summed E-state index contributed by atoms with van der Waals surface area (Å²) in [4.78, 5) is 4.13. The Labute approximate surface area is 115 Å². The number of hydrogen-bond donors (Lipinski definition) is 2. The molecule has 1 aromatic carbocycles. The molecule has 106 valence electrons. The molecule has 2 rings (SSSR count). The molecule has 1 aromatic heterocycles. The first-order valence-corrected chi connectivity index (χ1v) is 6.11. The number of nitrogens with two attached hydrogens (primary N) is 1. The average Bonchev–Trinajstić information content (AvgIpc) is 2.37. The van der Waals surface area contributed by atoms with Crippen LogP contribution in [-0.2, 0) is 0 Å². The monoisotopic (exact) mass is 279 g/mol. The second-order valence-electron chi connectivity index (χ2n) is 4.51. The second kappa shape index (κ2) is 5.73. The Bertz CT molecular complexity index is 617. The highest BCUT2D eigenvalue weighted by Gasteiger charge is 2.09. The van der Waals surface area contributed by atoms with Crippen molar-refractivity contribution in [1.29, 1.82) is 0 Å². The number of hydrogen-bond acceptors (Lipinski definition) is 4. The van der Waals surface area contributed by atoms with E-state index >= 15 is 0 Å². The molecule has 0 aliphatic rings. The quantitative estimate of drug-likeness (QED) is 0.899. The number of nitrogen functional groups attached to an aromatic ring is 1. The van der Waals surface area contributed by atoms with Crippen LogP contribution in [0.4, 0.5) is 26.0 Å². The van der Waals surface area contributed by atoms with Gasteiger partial charge in [0.05, 0.1) is 17.5 Å². The van der Waals surface area contributed by atoms with Gasteiger partial charge in [-0.1, -0.05) is 0 Å². The lowest BCUT2D eigenvalue weighted by Gasteiger charge is -2.13. The minimum atomic E-state index is -0.573. The average molecular weight is 279 g/mol. The molecule has 0 aliphatic carbocycles. The van der Waals surface area contributed by atoms with Crippen molar-refractivity contribution in [2.45, 2.75) is 20.0 Å². The number of ether oxygens (including phenoxy) is 1. The molecule has 0 aliphatic heterocycles. The van der Waals surface area contributed by atoms with Gasteiger partial charge < -0.3 is 15.8 Å². The number of rotatable bonds is 4. The van der Waals surface area contributed by atoms with Crippen molar-refractivity contribution in [1.82, 2.24) is 4.98 Å². The van der Waals surface area contributed by atoms with Gasteiger partial charge in [0.15, 0.2) is 0 Å². The minimum Gasteiger partial charge on any atom is -0.473 e. The van der Waals surface area contributed by atoms with Gasteiger partial charge in [-0.3, -0.25) is 0 Å².